The molecule has 12 nitrogen and oxygen atoms in total. The van der Waals surface area contributed by atoms with Gasteiger partial charge in [-0.25, -0.2) is 0 Å². The largest absolute Gasteiger partial charge is 0.462 e. The topological polar surface area (TPSA) is 186 Å². The molecule has 1 fully saturated rings. The maximum absolute atomic E-state index is 12.8. The zero-order valence-corrected chi connectivity index (χ0v) is 38.8. The fraction of sp³-hybridized carbons (Fsp3) is 0.714. The van der Waals surface area contributed by atoms with E-state index in [4.69, 9.17) is 18.9 Å². The molecule has 0 aliphatic carbocycles. The van der Waals surface area contributed by atoms with E-state index in [-0.39, 0.29) is 19.4 Å². The van der Waals surface area contributed by atoms with Crippen LogP contribution in [-0.2, 0) is 38.7 Å². The molecular formula is C49H82O12S. The summed E-state index contributed by atoms with van der Waals surface area (Å²) in [5.41, 5.74) is 0. The van der Waals surface area contributed by atoms with Crippen LogP contribution in [0.2, 0.25) is 0 Å². The van der Waals surface area contributed by atoms with Gasteiger partial charge >= 0.3 is 11.9 Å². The highest BCUT2D eigenvalue weighted by atomic mass is 32.2. The Balaban J connectivity index is 2.49. The minimum atomic E-state index is -4.61. The quantitative estimate of drug-likeness (QED) is 0.0199. The second-order valence-corrected chi connectivity index (χ2v) is 17.6. The molecule has 4 N–H and O–H groups in total. The number of aliphatic hydroxyl groups excluding tert-OH is 3. The van der Waals surface area contributed by atoms with Crippen molar-refractivity contribution in [3.63, 3.8) is 0 Å². The standard InChI is InChI=1S/C49H82O12S/c1-3-5-7-9-11-13-15-17-19-20-21-22-24-25-27-29-31-33-35-37-44(50)58-39-42(40-59-49-48(54)47(53)46(52)43(61-49)41-62(55,56)57)60-45(51)38-36-34-32-30-28-26-23-18-16-14-12-10-8-6-4-2/h10-13,17,19,21-22,25,27,31,33,42-43,46-49,52-54H,3-9,14-16,18,20,23-24,26,28-30,32,34-41H2,1-2H3,(H,55,56,57)/b12-10+,13-11+,19-17+,22-21+,27-25+,33-31+/t42-,43-,46-,47?,48?,49+/m1/s1. The first-order valence-electron chi connectivity index (χ1n) is 23.5. The molecule has 2 unspecified atom stereocenters. The summed E-state index contributed by atoms with van der Waals surface area (Å²) in [7, 11) is -4.61. The molecule has 0 aromatic heterocycles. The predicted molar refractivity (Wildman–Crippen MR) is 247 cm³/mol. The zero-order valence-electron chi connectivity index (χ0n) is 37.9. The molecule has 0 spiro atoms. The van der Waals surface area contributed by atoms with Gasteiger partial charge in [-0.15, -0.1) is 0 Å². The summed E-state index contributed by atoms with van der Waals surface area (Å²) in [6, 6.07) is 0. The van der Waals surface area contributed by atoms with Crippen LogP contribution in [0, 0.1) is 0 Å². The van der Waals surface area contributed by atoms with Crippen LogP contribution >= 0.6 is 0 Å². The predicted octanol–water partition coefficient (Wildman–Crippen LogP) is 9.89. The number of unbranched alkanes of at least 4 members (excludes halogenated alkanes) is 14. The van der Waals surface area contributed by atoms with Gasteiger partial charge in [0.1, 0.15) is 36.8 Å². The van der Waals surface area contributed by atoms with E-state index in [2.05, 4.69) is 74.6 Å². The third kappa shape index (κ3) is 32.7. The van der Waals surface area contributed by atoms with Crippen LogP contribution in [0.1, 0.15) is 168 Å². The van der Waals surface area contributed by atoms with E-state index in [9.17, 15) is 37.9 Å². The lowest BCUT2D eigenvalue weighted by molar-refractivity contribution is -0.297. The van der Waals surface area contributed by atoms with E-state index in [1.165, 1.54) is 64.2 Å². The molecule has 0 saturated carbocycles. The summed E-state index contributed by atoms with van der Waals surface area (Å²) in [6.45, 7) is 3.63. The summed E-state index contributed by atoms with van der Waals surface area (Å²) in [4.78, 5) is 25.4. The number of rotatable bonds is 38. The summed E-state index contributed by atoms with van der Waals surface area (Å²) in [5, 5.41) is 30.9. The van der Waals surface area contributed by atoms with Gasteiger partial charge in [-0.2, -0.15) is 8.42 Å². The smallest absolute Gasteiger partial charge is 0.306 e. The molecule has 0 bridgehead atoms. The van der Waals surface area contributed by atoms with Gasteiger partial charge in [0.2, 0.25) is 0 Å². The van der Waals surface area contributed by atoms with Crippen LogP contribution in [0.15, 0.2) is 72.9 Å². The average Bonchev–Trinajstić information content (AvgIpc) is 3.24. The number of hydrogen-bond donors (Lipinski definition) is 4. The highest BCUT2D eigenvalue weighted by molar-refractivity contribution is 7.85. The molecule has 62 heavy (non-hydrogen) atoms. The van der Waals surface area contributed by atoms with Gasteiger partial charge in [-0.1, -0.05) is 157 Å². The van der Waals surface area contributed by atoms with Crippen molar-refractivity contribution in [1.82, 2.24) is 0 Å². The molecule has 13 heteroatoms. The minimum Gasteiger partial charge on any atom is -0.462 e. The fourth-order valence-corrected chi connectivity index (χ4v) is 7.27. The summed E-state index contributed by atoms with van der Waals surface area (Å²) in [6.07, 6.45) is 39.5. The SMILES string of the molecule is CCCC/C=C/CCCCCCCCCCCC(=O)O[C@H](COC(=O)CC/C=C/C/C=C/C/C=C/C/C=C/C/C=C/CCCCC)CO[C@H]1O[C@H](CS(=O)(=O)O)[C@@H](O)C(O)C1O. The van der Waals surface area contributed by atoms with Gasteiger partial charge in [0.15, 0.2) is 12.4 Å². The summed E-state index contributed by atoms with van der Waals surface area (Å²) >= 11 is 0. The number of carbonyl (C=O) groups excluding carboxylic acids is 2. The molecular weight excluding hydrogens is 813 g/mol. The number of allylic oxidation sites excluding steroid dienone is 12. The second kappa shape index (κ2) is 38.5. The number of aliphatic hydroxyl groups is 3. The van der Waals surface area contributed by atoms with Crippen LogP contribution in [0.4, 0.5) is 0 Å². The first-order valence-corrected chi connectivity index (χ1v) is 25.1. The lowest BCUT2D eigenvalue weighted by Gasteiger charge is -2.40. The molecule has 0 aromatic carbocycles. The van der Waals surface area contributed by atoms with Crippen molar-refractivity contribution in [3.05, 3.63) is 72.9 Å². The van der Waals surface area contributed by atoms with Gasteiger partial charge in [0, 0.05) is 12.8 Å². The molecule has 1 aliphatic heterocycles. The molecule has 1 aliphatic rings. The third-order valence-corrected chi connectivity index (χ3v) is 11.0. The van der Waals surface area contributed by atoms with E-state index in [0.29, 0.717) is 12.8 Å². The van der Waals surface area contributed by atoms with Crippen LogP contribution in [0.25, 0.3) is 0 Å². The molecule has 0 aromatic rings. The van der Waals surface area contributed by atoms with Gasteiger partial charge in [0.05, 0.1) is 6.61 Å². The second-order valence-electron chi connectivity index (χ2n) is 16.1. The normalized spacial score (nSPS) is 20.5. The Morgan fingerprint density at radius 2 is 1.02 bits per heavy atom. The lowest BCUT2D eigenvalue weighted by Crippen LogP contribution is -2.60. The van der Waals surface area contributed by atoms with Crippen molar-refractivity contribution in [2.45, 2.75) is 205 Å². The van der Waals surface area contributed by atoms with Crippen molar-refractivity contribution in [3.8, 4) is 0 Å². The van der Waals surface area contributed by atoms with E-state index in [1.54, 1.807) is 0 Å². The highest BCUT2D eigenvalue weighted by Gasteiger charge is 2.46. The minimum absolute atomic E-state index is 0.0922. The van der Waals surface area contributed by atoms with Crippen LogP contribution in [0.3, 0.4) is 0 Å². The van der Waals surface area contributed by atoms with Crippen molar-refractivity contribution in [1.29, 1.82) is 0 Å². The summed E-state index contributed by atoms with van der Waals surface area (Å²) < 4.78 is 54.0. The number of esters is 2. The molecule has 0 amide bonds. The Morgan fingerprint density at radius 3 is 1.56 bits per heavy atom. The Labute approximate surface area is 374 Å². The Bertz CT molecular complexity index is 1420. The summed E-state index contributed by atoms with van der Waals surface area (Å²) in [5.74, 6) is -2.10. The van der Waals surface area contributed by atoms with Gasteiger partial charge in [-0.05, 0) is 70.6 Å². The van der Waals surface area contributed by atoms with E-state index in [1.807, 2.05) is 12.2 Å². The maximum Gasteiger partial charge on any atom is 0.306 e. The molecule has 1 rings (SSSR count). The molecule has 6 atom stereocenters. The Kier molecular flexibility index (Phi) is 35.5. The van der Waals surface area contributed by atoms with E-state index < -0.39 is 71.2 Å². The number of hydrogen-bond acceptors (Lipinski definition) is 11. The van der Waals surface area contributed by atoms with E-state index in [0.717, 1.165) is 64.2 Å². The molecule has 1 saturated heterocycles. The first kappa shape index (κ1) is 57.1. The van der Waals surface area contributed by atoms with Crippen molar-refractivity contribution >= 4 is 22.1 Å². The van der Waals surface area contributed by atoms with Crippen LogP contribution in [0.5, 0.6) is 0 Å². The van der Waals surface area contributed by atoms with Gasteiger partial charge in [0.25, 0.3) is 10.1 Å². The third-order valence-electron chi connectivity index (χ3n) is 10.3. The zero-order chi connectivity index (χ0) is 45.5. The lowest BCUT2D eigenvalue weighted by atomic mass is 10.00. The Hall–Kier alpha value is -2.91. The number of carbonyl (C=O) groups is 2. The first-order chi connectivity index (χ1) is 30.0. The maximum atomic E-state index is 12.8. The van der Waals surface area contributed by atoms with Crippen molar-refractivity contribution < 1.29 is 56.8 Å². The van der Waals surface area contributed by atoms with Crippen LogP contribution < -0.4 is 0 Å². The van der Waals surface area contributed by atoms with E-state index >= 15 is 0 Å². The van der Waals surface area contributed by atoms with Crippen molar-refractivity contribution in [2.24, 2.45) is 0 Å². The monoisotopic (exact) mass is 895 g/mol. The van der Waals surface area contributed by atoms with Gasteiger partial charge in [-0.3, -0.25) is 14.1 Å². The van der Waals surface area contributed by atoms with Gasteiger partial charge < -0.3 is 34.3 Å². The molecule has 1 heterocycles. The molecule has 0 radical (unpaired) electrons. The Morgan fingerprint density at radius 1 is 0.548 bits per heavy atom. The fourth-order valence-electron chi connectivity index (χ4n) is 6.58. The average molecular weight is 895 g/mol. The molecule has 356 valence electrons. The highest BCUT2D eigenvalue weighted by Crippen LogP contribution is 2.24. The van der Waals surface area contributed by atoms with Crippen LogP contribution in [-0.4, -0.2) is 96.0 Å². The number of ether oxygens (including phenoxy) is 4. The van der Waals surface area contributed by atoms with Crippen molar-refractivity contribution in [2.75, 3.05) is 19.0 Å².